The Labute approximate surface area is 111 Å². The molecule has 0 aliphatic heterocycles. The second-order valence-electron chi connectivity index (χ2n) is 4.25. The molecule has 0 amide bonds. The molecule has 2 N–H and O–H groups in total. The average Bonchev–Trinajstić information content (AvgIpc) is 2.78. The van der Waals surface area contributed by atoms with E-state index in [1.54, 1.807) is 6.92 Å². The summed E-state index contributed by atoms with van der Waals surface area (Å²) in [7, 11) is 0. The summed E-state index contributed by atoms with van der Waals surface area (Å²) in [6, 6.07) is 11.4. The Balaban J connectivity index is 1.99. The van der Waals surface area contributed by atoms with Crippen molar-refractivity contribution in [2.45, 2.75) is 19.6 Å². The molecule has 0 bridgehead atoms. The summed E-state index contributed by atoms with van der Waals surface area (Å²) in [5.74, 6) is 1.67. The van der Waals surface area contributed by atoms with Gasteiger partial charge in [0.15, 0.2) is 0 Å². The number of hydrogen-bond donors (Lipinski definition) is 2. The van der Waals surface area contributed by atoms with E-state index in [9.17, 15) is 0 Å². The third-order valence-electron chi connectivity index (χ3n) is 2.53. The summed E-state index contributed by atoms with van der Waals surface area (Å²) in [4.78, 5) is 0. The fourth-order valence-electron chi connectivity index (χ4n) is 1.65. The zero-order chi connectivity index (χ0) is 13.0. The van der Waals surface area contributed by atoms with Crippen molar-refractivity contribution >= 4 is 11.6 Å². The number of rotatable bonds is 5. The van der Waals surface area contributed by atoms with Crippen LogP contribution in [-0.2, 0) is 6.54 Å². The molecule has 0 radical (unpaired) electrons. The summed E-state index contributed by atoms with van der Waals surface area (Å²) >= 11 is 5.84. The lowest BCUT2D eigenvalue weighted by Crippen LogP contribution is -2.23. The van der Waals surface area contributed by atoms with Gasteiger partial charge in [-0.25, -0.2) is 0 Å². The Morgan fingerprint density at radius 2 is 1.94 bits per heavy atom. The van der Waals surface area contributed by atoms with E-state index in [0.29, 0.717) is 18.1 Å². The summed E-state index contributed by atoms with van der Waals surface area (Å²) in [5, 5.41) is 13.0. The van der Waals surface area contributed by atoms with Gasteiger partial charge in [-0.05, 0) is 43.3 Å². The number of benzene rings is 1. The van der Waals surface area contributed by atoms with Gasteiger partial charge in [-0.2, -0.15) is 0 Å². The Bertz CT molecular complexity index is 491. The molecule has 0 saturated heterocycles. The number of halogens is 1. The van der Waals surface area contributed by atoms with Crippen molar-refractivity contribution in [2.24, 2.45) is 0 Å². The van der Waals surface area contributed by atoms with Crippen molar-refractivity contribution in [3.63, 3.8) is 0 Å². The highest BCUT2D eigenvalue weighted by atomic mass is 35.5. The van der Waals surface area contributed by atoms with Crippen LogP contribution in [0.25, 0.3) is 11.3 Å². The first-order valence-corrected chi connectivity index (χ1v) is 6.26. The Hall–Kier alpha value is -1.29. The number of hydrogen-bond acceptors (Lipinski definition) is 3. The second kappa shape index (κ2) is 6.05. The maximum atomic E-state index is 9.13. The lowest BCUT2D eigenvalue weighted by atomic mass is 10.2. The first-order valence-electron chi connectivity index (χ1n) is 5.88. The van der Waals surface area contributed by atoms with E-state index in [1.807, 2.05) is 36.4 Å². The van der Waals surface area contributed by atoms with Gasteiger partial charge in [0, 0.05) is 17.1 Å². The maximum absolute atomic E-state index is 9.13. The molecule has 4 heteroatoms. The predicted molar refractivity (Wildman–Crippen MR) is 72.5 cm³/mol. The lowest BCUT2D eigenvalue weighted by Gasteiger charge is -2.04. The van der Waals surface area contributed by atoms with Gasteiger partial charge in [0.05, 0.1) is 12.6 Å². The van der Waals surface area contributed by atoms with Crippen molar-refractivity contribution in [3.8, 4) is 11.3 Å². The van der Waals surface area contributed by atoms with Crippen LogP contribution in [0.5, 0.6) is 0 Å². The molecule has 18 heavy (non-hydrogen) atoms. The first kappa shape index (κ1) is 13.1. The summed E-state index contributed by atoms with van der Waals surface area (Å²) in [6.45, 7) is 2.91. The molecule has 0 fully saturated rings. The first-order chi connectivity index (χ1) is 8.65. The zero-order valence-electron chi connectivity index (χ0n) is 10.2. The molecule has 2 aromatic rings. The normalized spacial score (nSPS) is 12.6. The molecule has 1 aromatic heterocycles. The monoisotopic (exact) mass is 265 g/mol. The topological polar surface area (TPSA) is 45.4 Å². The number of aliphatic hydroxyl groups is 1. The minimum Gasteiger partial charge on any atom is -0.460 e. The molecule has 0 aliphatic rings. The van der Waals surface area contributed by atoms with Crippen molar-refractivity contribution < 1.29 is 9.52 Å². The standard InChI is InChI=1S/C14H16ClNO2/c1-10(17)8-16-9-13-6-7-14(18-13)11-2-4-12(15)5-3-11/h2-7,10,16-17H,8-9H2,1H3/t10-/m1/s1. The third kappa shape index (κ3) is 3.60. The van der Waals surface area contributed by atoms with E-state index in [2.05, 4.69) is 5.32 Å². The summed E-state index contributed by atoms with van der Waals surface area (Å²) in [6.07, 6.45) is -0.351. The number of aliphatic hydroxyl groups excluding tert-OH is 1. The molecule has 0 spiro atoms. The fourth-order valence-corrected chi connectivity index (χ4v) is 1.77. The maximum Gasteiger partial charge on any atom is 0.134 e. The molecule has 0 unspecified atom stereocenters. The SMILES string of the molecule is C[C@@H](O)CNCc1ccc(-c2ccc(Cl)cc2)o1. The Kier molecular flexibility index (Phi) is 4.42. The molecule has 2 rings (SSSR count). The zero-order valence-corrected chi connectivity index (χ0v) is 10.9. The summed E-state index contributed by atoms with van der Waals surface area (Å²) in [5.41, 5.74) is 1.00. The van der Waals surface area contributed by atoms with Crippen LogP contribution in [0.3, 0.4) is 0 Å². The van der Waals surface area contributed by atoms with Gasteiger partial charge in [-0.15, -0.1) is 0 Å². The lowest BCUT2D eigenvalue weighted by molar-refractivity contribution is 0.190. The van der Waals surface area contributed by atoms with Gasteiger partial charge in [0.1, 0.15) is 11.5 Å². The van der Waals surface area contributed by atoms with Gasteiger partial charge >= 0.3 is 0 Å². The highest BCUT2D eigenvalue weighted by molar-refractivity contribution is 6.30. The molecular formula is C14H16ClNO2. The minimum atomic E-state index is -0.351. The van der Waals surface area contributed by atoms with Crippen LogP contribution in [0.1, 0.15) is 12.7 Å². The molecular weight excluding hydrogens is 250 g/mol. The van der Waals surface area contributed by atoms with Gasteiger partial charge in [-0.3, -0.25) is 0 Å². The quantitative estimate of drug-likeness (QED) is 0.873. The van der Waals surface area contributed by atoms with Crippen molar-refractivity contribution in [2.75, 3.05) is 6.54 Å². The van der Waals surface area contributed by atoms with Crippen LogP contribution in [-0.4, -0.2) is 17.8 Å². The molecule has 1 aromatic carbocycles. The van der Waals surface area contributed by atoms with Crippen molar-refractivity contribution in [1.29, 1.82) is 0 Å². The van der Waals surface area contributed by atoms with Gasteiger partial charge < -0.3 is 14.8 Å². The van der Waals surface area contributed by atoms with Crippen LogP contribution in [0.2, 0.25) is 5.02 Å². The van der Waals surface area contributed by atoms with E-state index in [1.165, 1.54) is 0 Å². The van der Waals surface area contributed by atoms with E-state index < -0.39 is 0 Å². The van der Waals surface area contributed by atoms with Crippen LogP contribution in [0.4, 0.5) is 0 Å². The van der Waals surface area contributed by atoms with E-state index in [0.717, 1.165) is 17.1 Å². The number of furan rings is 1. The van der Waals surface area contributed by atoms with E-state index >= 15 is 0 Å². The molecule has 1 heterocycles. The van der Waals surface area contributed by atoms with Crippen LogP contribution in [0.15, 0.2) is 40.8 Å². The molecule has 96 valence electrons. The molecule has 0 saturated carbocycles. The largest absolute Gasteiger partial charge is 0.460 e. The predicted octanol–water partition coefficient (Wildman–Crippen LogP) is 3.07. The summed E-state index contributed by atoms with van der Waals surface area (Å²) < 4.78 is 5.70. The van der Waals surface area contributed by atoms with Crippen LogP contribution >= 0.6 is 11.6 Å². The third-order valence-corrected chi connectivity index (χ3v) is 2.78. The fraction of sp³-hybridized carbons (Fsp3) is 0.286. The van der Waals surface area contributed by atoms with Crippen LogP contribution < -0.4 is 5.32 Å². The Morgan fingerprint density at radius 3 is 2.61 bits per heavy atom. The van der Waals surface area contributed by atoms with Crippen molar-refractivity contribution in [3.05, 3.63) is 47.2 Å². The Morgan fingerprint density at radius 1 is 1.22 bits per heavy atom. The van der Waals surface area contributed by atoms with Gasteiger partial charge in [0.2, 0.25) is 0 Å². The molecule has 0 aliphatic carbocycles. The van der Waals surface area contributed by atoms with Crippen LogP contribution in [0, 0.1) is 0 Å². The molecule has 3 nitrogen and oxygen atoms in total. The van der Waals surface area contributed by atoms with Gasteiger partial charge in [0.25, 0.3) is 0 Å². The number of nitrogens with one attached hydrogen (secondary N) is 1. The average molecular weight is 266 g/mol. The minimum absolute atomic E-state index is 0.351. The highest BCUT2D eigenvalue weighted by Crippen LogP contribution is 2.23. The van der Waals surface area contributed by atoms with Gasteiger partial charge in [-0.1, -0.05) is 11.6 Å². The van der Waals surface area contributed by atoms with E-state index in [-0.39, 0.29) is 6.10 Å². The van der Waals surface area contributed by atoms with E-state index in [4.69, 9.17) is 21.1 Å². The smallest absolute Gasteiger partial charge is 0.134 e. The molecule has 1 atom stereocenters. The highest BCUT2D eigenvalue weighted by Gasteiger charge is 2.05. The second-order valence-corrected chi connectivity index (χ2v) is 4.69. The van der Waals surface area contributed by atoms with Crippen molar-refractivity contribution in [1.82, 2.24) is 5.32 Å².